The Morgan fingerprint density at radius 3 is 2.73 bits per heavy atom. The van der Waals surface area contributed by atoms with Crippen LogP contribution in [-0.2, 0) is 5.75 Å². The molecule has 3 heterocycles. The molecular formula is C24H20N4O3S2. The molecule has 0 fully saturated rings. The van der Waals surface area contributed by atoms with Crippen molar-refractivity contribution in [1.29, 1.82) is 0 Å². The number of benzene rings is 2. The zero-order chi connectivity index (χ0) is 23.1. The van der Waals surface area contributed by atoms with Crippen molar-refractivity contribution in [2.75, 3.05) is 7.11 Å². The van der Waals surface area contributed by atoms with Crippen LogP contribution in [0.2, 0.25) is 0 Å². The minimum absolute atomic E-state index is 0.144. The molecule has 0 amide bonds. The number of rotatable bonds is 5. The van der Waals surface area contributed by atoms with Gasteiger partial charge in [0.25, 0.3) is 11.1 Å². The fourth-order valence-corrected chi connectivity index (χ4v) is 5.62. The van der Waals surface area contributed by atoms with E-state index in [9.17, 15) is 9.59 Å². The van der Waals surface area contributed by atoms with E-state index in [0.29, 0.717) is 44.5 Å². The van der Waals surface area contributed by atoms with Gasteiger partial charge in [-0.3, -0.25) is 14.2 Å². The van der Waals surface area contributed by atoms with E-state index in [2.05, 4.69) is 9.97 Å². The topological polar surface area (TPSA) is 89.9 Å². The first-order valence-electron chi connectivity index (χ1n) is 10.2. The Kier molecular flexibility index (Phi) is 5.51. The van der Waals surface area contributed by atoms with Gasteiger partial charge < -0.3 is 9.72 Å². The van der Waals surface area contributed by atoms with E-state index in [0.717, 1.165) is 15.3 Å². The van der Waals surface area contributed by atoms with E-state index in [4.69, 9.17) is 9.72 Å². The summed E-state index contributed by atoms with van der Waals surface area (Å²) in [5.74, 6) is 1.54. The van der Waals surface area contributed by atoms with Crippen LogP contribution in [-0.4, -0.2) is 26.6 Å². The zero-order valence-corrected chi connectivity index (χ0v) is 19.8. The second kappa shape index (κ2) is 8.49. The van der Waals surface area contributed by atoms with Crippen molar-refractivity contribution in [3.8, 4) is 11.4 Å². The highest BCUT2D eigenvalue weighted by Crippen LogP contribution is 2.28. The maximum atomic E-state index is 13.4. The maximum absolute atomic E-state index is 13.4. The van der Waals surface area contributed by atoms with Gasteiger partial charge in [0.1, 0.15) is 16.4 Å². The van der Waals surface area contributed by atoms with E-state index in [1.165, 1.54) is 23.1 Å². The second-order valence-corrected chi connectivity index (χ2v) is 9.66. The van der Waals surface area contributed by atoms with Gasteiger partial charge in [-0.2, -0.15) is 0 Å². The number of nitrogens with one attached hydrogen (secondary N) is 1. The number of thioether (sulfide) groups is 1. The summed E-state index contributed by atoms with van der Waals surface area (Å²) in [5.41, 5.74) is 1.92. The molecule has 2 aromatic carbocycles. The number of para-hydroxylation sites is 1. The van der Waals surface area contributed by atoms with E-state index < -0.39 is 0 Å². The molecule has 0 aliphatic heterocycles. The summed E-state index contributed by atoms with van der Waals surface area (Å²) in [7, 11) is 1.59. The van der Waals surface area contributed by atoms with E-state index >= 15 is 0 Å². The summed E-state index contributed by atoms with van der Waals surface area (Å²) in [5, 5.41) is 1.68. The van der Waals surface area contributed by atoms with Crippen molar-refractivity contribution in [2.24, 2.45) is 0 Å². The number of hydrogen-bond donors (Lipinski definition) is 1. The highest BCUT2D eigenvalue weighted by atomic mass is 32.2. The molecule has 33 heavy (non-hydrogen) atoms. The summed E-state index contributed by atoms with van der Waals surface area (Å²) in [6.07, 6.45) is 0. The Labute approximate surface area is 197 Å². The van der Waals surface area contributed by atoms with Gasteiger partial charge in [0.15, 0.2) is 5.16 Å². The summed E-state index contributed by atoms with van der Waals surface area (Å²) in [4.78, 5) is 40.2. The van der Waals surface area contributed by atoms with Crippen LogP contribution in [0.25, 0.3) is 26.8 Å². The van der Waals surface area contributed by atoms with Crippen LogP contribution in [0.5, 0.6) is 5.75 Å². The van der Waals surface area contributed by atoms with Gasteiger partial charge in [0, 0.05) is 10.9 Å². The third-order valence-corrected chi connectivity index (χ3v) is 7.53. The third kappa shape index (κ3) is 3.83. The smallest absolute Gasteiger partial charge is 0.266 e. The summed E-state index contributed by atoms with van der Waals surface area (Å²) in [6, 6.07) is 14.6. The largest absolute Gasteiger partial charge is 0.497 e. The van der Waals surface area contributed by atoms with Gasteiger partial charge in [-0.1, -0.05) is 30.0 Å². The van der Waals surface area contributed by atoms with E-state index in [1.807, 2.05) is 50.2 Å². The molecule has 0 aliphatic rings. The van der Waals surface area contributed by atoms with Crippen molar-refractivity contribution in [1.82, 2.24) is 19.5 Å². The van der Waals surface area contributed by atoms with Crippen molar-refractivity contribution in [3.05, 3.63) is 85.5 Å². The number of hydrogen-bond acceptors (Lipinski definition) is 7. The average molecular weight is 477 g/mol. The first kappa shape index (κ1) is 21.4. The van der Waals surface area contributed by atoms with Crippen LogP contribution < -0.4 is 15.9 Å². The lowest BCUT2D eigenvalue weighted by molar-refractivity contribution is 0.414. The van der Waals surface area contributed by atoms with Crippen molar-refractivity contribution in [3.63, 3.8) is 0 Å². The second-order valence-electron chi connectivity index (χ2n) is 7.52. The van der Waals surface area contributed by atoms with Gasteiger partial charge in [-0.25, -0.2) is 9.97 Å². The molecule has 0 unspecified atom stereocenters. The minimum Gasteiger partial charge on any atom is -0.497 e. The predicted octanol–water partition coefficient (Wildman–Crippen LogP) is 4.60. The number of ether oxygens (including phenoxy) is 1. The fraction of sp³-hybridized carbons (Fsp3) is 0.167. The van der Waals surface area contributed by atoms with Crippen LogP contribution in [0.1, 0.15) is 16.3 Å². The molecule has 0 aliphatic carbocycles. The van der Waals surface area contributed by atoms with Gasteiger partial charge >= 0.3 is 0 Å². The molecule has 0 saturated carbocycles. The van der Waals surface area contributed by atoms with Crippen LogP contribution in [0.4, 0.5) is 0 Å². The first-order valence-corrected chi connectivity index (χ1v) is 12.0. The quantitative estimate of drug-likeness (QED) is 0.295. The van der Waals surface area contributed by atoms with Crippen LogP contribution in [0.15, 0.2) is 63.3 Å². The molecule has 5 rings (SSSR count). The van der Waals surface area contributed by atoms with Gasteiger partial charge in [-0.15, -0.1) is 11.3 Å². The molecule has 166 valence electrons. The number of thiophene rings is 1. The molecule has 0 atom stereocenters. The minimum atomic E-state index is -0.169. The number of nitrogens with zero attached hydrogens (tertiary/aromatic N) is 3. The highest BCUT2D eigenvalue weighted by molar-refractivity contribution is 7.98. The Morgan fingerprint density at radius 2 is 1.91 bits per heavy atom. The summed E-state index contributed by atoms with van der Waals surface area (Å²) >= 11 is 2.86. The first-order chi connectivity index (χ1) is 16.0. The van der Waals surface area contributed by atoms with E-state index in [-0.39, 0.29) is 11.1 Å². The average Bonchev–Trinajstić information content (AvgIpc) is 3.11. The van der Waals surface area contributed by atoms with Crippen molar-refractivity contribution < 1.29 is 4.74 Å². The monoisotopic (exact) mass is 476 g/mol. The molecule has 5 aromatic rings. The molecule has 9 heteroatoms. The van der Waals surface area contributed by atoms with Crippen molar-refractivity contribution in [2.45, 2.75) is 24.8 Å². The number of H-pyrrole nitrogens is 1. The Morgan fingerprint density at radius 1 is 1.09 bits per heavy atom. The molecule has 3 aromatic heterocycles. The van der Waals surface area contributed by atoms with E-state index in [1.54, 1.807) is 23.8 Å². The number of aromatic nitrogens is 4. The highest BCUT2D eigenvalue weighted by Gasteiger charge is 2.16. The number of fused-ring (bicyclic) bond motifs is 2. The van der Waals surface area contributed by atoms with Gasteiger partial charge in [0.05, 0.1) is 34.8 Å². The summed E-state index contributed by atoms with van der Waals surface area (Å²) < 4.78 is 6.92. The zero-order valence-electron chi connectivity index (χ0n) is 18.2. The number of aromatic amines is 1. The number of methoxy groups -OCH3 is 1. The van der Waals surface area contributed by atoms with Crippen LogP contribution in [0, 0.1) is 13.8 Å². The SMILES string of the molecule is COc1cccc(-n2c(SCc3nc4sc(C)c(C)c4c(=O)[nH]3)nc3ccccc3c2=O)c1. The van der Waals surface area contributed by atoms with Gasteiger partial charge in [-0.05, 0) is 43.7 Å². The van der Waals surface area contributed by atoms with Crippen LogP contribution >= 0.6 is 23.1 Å². The molecule has 7 nitrogen and oxygen atoms in total. The van der Waals surface area contributed by atoms with Crippen LogP contribution in [0.3, 0.4) is 0 Å². The molecule has 0 spiro atoms. The standard InChI is InChI=1S/C24H20N4O3S2/c1-13-14(2)33-22-20(13)21(29)26-19(27-22)12-32-24-25-18-10-5-4-9-17(18)23(30)28(24)15-7-6-8-16(11-15)31-3/h4-11H,12H2,1-3H3,(H,26,27,29). The van der Waals surface area contributed by atoms with Gasteiger partial charge in [0.2, 0.25) is 0 Å². The fourth-order valence-electron chi connectivity index (χ4n) is 3.69. The molecule has 1 N–H and O–H groups in total. The lowest BCUT2D eigenvalue weighted by Gasteiger charge is -2.14. The maximum Gasteiger partial charge on any atom is 0.266 e. The molecule has 0 bridgehead atoms. The predicted molar refractivity (Wildman–Crippen MR) is 133 cm³/mol. The van der Waals surface area contributed by atoms with Crippen molar-refractivity contribution >= 4 is 44.2 Å². The lowest BCUT2D eigenvalue weighted by atomic mass is 10.2. The molecule has 0 saturated heterocycles. The normalized spacial score (nSPS) is 11.4. The number of aryl methyl sites for hydroxylation is 2. The Balaban J connectivity index is 1.61. The lowest BCUT2D eigenvalue weighted by Crippen LogP contribution is -2.22. The summed E-state index contributed by atoms with van der Waals surface area (Å²) in [6.45, 7) is 3.92. The molecular weight excluding hydrogens is 456 g/mol. The Hall–Kier alpha value is -3.43. The molecule has 0 radical (unpaired) electrons. The third-order valence-electron chi connectivity index (χ3n) is 5.48. The Bertz CT molecular complexity index is 1640.